The van der Waals surface area contributed by atoms with Crippen LogP contribution in [0.5, 0.6) is 0 Å². The third-order valence-corrected chi connectivity index (χ3v) is 6.62. The molecule has 0 N–H and O–H groups in total. The molecule has 1 nitrogen and oxygen atoms in total. The highest BCUT2D eigenvalue weighted by molar-refractivity contribution is 7.97. The normalized spacial score (nSPS) is 19.1. The maximum Gasteiger partial charge on any atom is 0.216 e. The first-order valence-corrected chi connectivity index (χ1v) is 11.8. The molecule has 0 bridgehead atoms. The van der Waals surface area contributed by atoms with E-state index < -0.39 is 0 Å². The van der Waals surface area contributed by atoms with Crippen molar-refractivity contribution in [2.75, 3.05) is 0 Å². The van der Waals surface area contributed by atoms with E-state index in [1.807, 2.05) is 30.3 Å². The summed E-state index contributed by atoms with van der Waals surface area (Å²) in [6, 6.07) is 14.5. The number of carbonyl (C=O) groups excluding carboxylic acids is 1. The number of carbonyl (C=O) groups is 1. The van der Waals surface area contributed by atoms with E-state index in [1.54, 1.807) is 0 Å². The highest BCUT2D eigenvalue weighted by Gasteiger charge is 2.26. The minimum Gasteiger partial charge on any atom is -0.282 e. The van der Waals surface area contributed by atoms with Gasteiger partial charge in [0, 0.05) is 11.1 Å². The highest BCUT2D eigenvalue weighted by Crippen LogP contribution is 2.42. The summed E-state index contributed by atoms with van der Waals surface area (Å²) >= 11 is 4.20. The summed E-state index contributed by atoms with van der Waals surface area (Å²) in [6.07, 6.45) is 16.1. The van der Waals surface area contributed by atoms with E-state index in [9.17, 15) is 4.79 Å². The van der Waals surface area contributed by atoms with Crippen molar-refractivity contribution in [3.05, 3.63) is 77.9 Å². The molecular formula is C28H34OS. The van der Waals surface area contributed by atoms with Gasteiger partial charge in [0.15, 0.2) is 0 Å². The molecule has 0 heterocycles. The Bertz CT molecular complexity index is 873. The van der Waals surface area contributed by atoms with Crippen molar-refractivity contribution in [1.82, 2.24) is 0 Å². The summed E-state index contributed by atoms with van der Waals surface area (Å²) in [7, 11) is 0. The molecular weight excluding hydrogens is 384 g/mol. The Morgan fingerprint density at radius 1 is 1.07 bits per heavy atom. The maximum atomic E-state index is 12.4. The monoisotopic (exact) mass is 418 g/mol. The first-order valence-electron chi connectivity index (χ1n) is 11.4. The molecule has 30 heavy (non-hydrogen) atoms. The lowest BCUT2D eigenvalue weighted by Gasteiger charge is -2.30. The van der Waals surface area contributed by atoms with Crippen LogP contribution in [-0.4, -0.2) is 5.12 Å². The lowest BCUT2D eigenvalue weighted by Crippen LogP contribution is -2.15. The van der Waals surface area contributed by atoms with Crippen molar-refractivity contribution in [3.63, 3.8) is 0 Å². The molecule has 0 amide bonds. The number of benzene rings is 2. The van der Waals surface area contributed by atoms with E-state index in [-0.39, 0.29) is 5.12 Å². The SMILES string of the molecule is C=CCCC=Cc1c(C2CCC(CCC)CC2)ccc(C(=O)S)c1-c1ccccc1. The predicted octanol–water partition coefficient (Wildman–Crippen LogP) is 8.48. The minimum absolute atomic E-state index is 0.173. The topological polar surface area (TPSA) is 17.1 Å². The van der Waals surface area contributed by atoms with Crippen LogP contribution in [0, 0.1) is 5.92 Å². The van der Waals surface area contributed by atoms with Crippen molar-refractivity contribution >= 4 is 23.8 Å². The van der Waals surface area contributed by atoms with Crippen LogP contribution in [0.25, 0.3) is 17.2 Å². The average molecular weight is 419 g/mol. The molecule has 0 spiro atoms. The minimum atomic E-state index is -0.173. The lowest BCUT2D eigenvalue weighted by atomic mass is 9.75. The molecule has 158 valence electrons. The van der Waals surface area contributed by atoms with Crippen LogP contribution in [0.4, 0.5) is 0 Å². The van der Waals surface area contributed by atoms with Gasteiger partial charge in [0.2, 0.25) is 5.12 Å². The zero-order chi connectivity index (χ0) is 21.3. The van der Waals surface area contributed by atoms with Gasteiger partial charge in [-0.2, -0.15) is 0 Å². The van der Waals surface area contributed by atoms with Gasteiger partial charge in [0.05, 0.1) is 0 Å². The Balaban J connectivity index is 2.07. The number of thiol groups is 1. The number of hydrogen-bond acceptors (Lipinski definition) is 1. The molecule has 0 aromatic heterocycles. The molecule has 0 aliphatic heterocycles. The average Bonchev–Trinajstić information content (AvgIpc) is 2.77. The first kappa shape index (κ1) is 22.6. The fourth-order valence-electron chi connectivity index (χ4n) is 4.85. The zero-order valence-electron chi connectivity index (χ0n) is 18.1. The first-order chi connectivity index (χ1) is 14.7. The number of unbranched alkanes of at least 4 members (excludes halogenated alkanes) is 1. The zero-order valence-corrected chi connectivity index (χ0v) is 19.0. The molecule has 1 aliphatic rings. The van der Waals surface area contributed by atoms with Crippen LogP contribution in [-0.2, 0) is 0 Å². The van der Waals surface area contributed by atoms with Crippen molar-refractivity contribution in [2.24, 2.45) is 5.92 Å². The molecule has 0 atom stereocenters. The molecule has 2 heteroatoms. The van der Waals surface area contributed by atoms with E-state index in [4.69, 9.17) is 0 Å². The fourth-order valence-corrected chi connectivity index (χ4v) is 5.04. The molecule has 0 unspecified atom stereocenters. The van der Waals surface area contributed by atoms with Crippen LogP contribution in [0.2, 0.25) is 0 Å². The molecule has 3 rings (SSSR count). The summed E-state index contributed by atoms with van der Waals surface area (Å²) in [4.78, 5) is 12.4. The van der Waals surface area contributed by atoms with Gasteiger partial charge in [-0.25, -0.2) is 0 Å². The second kappa shape index (κ2) is 11.4. The van der Waals surface area contributed by atoms with Gasteiger partial charge >= 0.3 is 0 Å². The maximum absolute atomic E-state index is 12.4. The number of hydrogen-bond donors (Lipinski definition) is 1. The molecule has 2 aromatic carbocycles. The summed E-state index contributed by atoms with van der Waals surface area (Å²) in [6.45, 7) is 6.12. The Labute approximate surface area is 187 Å². The molecule has 2 aromatic rings. The Morgan fingerprint density at radius 2 is 1.80 bits per heavy atom. The molecule has 1 aliphatic carbocycles. The highest BCUT2D eigenvalue weighted by atomic mass is 32.1. The Hall–Kier alpha value is -2.06. The standard InChI is InChI=1S/C28H34OS/c1-3-5-6-10-14-25-24(22-17-15-21(11-4-2)16-18-22)19-20-26(28(29)30)27(25)23-12-8-7-9-13-23/h3,7-10,12-14,19-22H,1,4-6,11,15-18H2,2H3,(H,29,30). The quantitative estimate of drug-likeness (QED) is 0.245. The predicted molar refractivity (Wildman–Crippen MR) is 133 cm³/mol. The van der Waals surface area contributed by atoms with Gasteiger partial charge in [-0.05, 0) is 73.1 Å². The summed E-state index contributed by atoms with van der Waals surface area (Å²) < 4.78 is 0. The van der Waals surface area contributed by atoms with E-state index >= 15 is 0 Å². The van der Waals surface area contributed by atoms with Crippen LogP contribution in [0.3, 0.4) is 0 Å². The Morgan fingerprint density at radius 3 is 2.43 bits per heavy atom. The number of rotatable bonds is 9. The molecule has 0 radical (unpaired) electrons. The summed E-state index contributed by atoms with van der Waals surface area (Å²) in [5, 5.41) is -0.173. The van der Waals surface area contributed by atoms with Gasteiger partial charge in [0.1, 0.15) is 0 Å². The molecule has 0 saturated heterocycles. The van der Waals surface area contributed by atoms with Crippen LogP contribution in [0.1, 0.15) is 85.7 Å². The third-order valence-electron chi connectivity index (χ3n) is 6.38. The Kier molecular flexibility index (Phi) is 8.57. The van der Waals surface area contributed by atoms with Crippen molar-refractivity contribution in [2.45, 2.75) is 64.2 Å². The third kappa shape index (κ3) is 5.55. The largest absolute Gasteiger partial charge is 0.282 e. The van der Waals surface area contributed by atoms with Gasteiger partial charge in [-0.15, -0.1) is 19.2 Å². The number of allylic oxidation sites excluding steroid dienone is 2. The van der Waals surface area contributed by atoms with Gasteiger partial charge < -0.3 is 0 Å². The van der Waals surface area contributed by atoms with Gasteiger partial charge in [0.25, 0.3) is 0 Å². The summed E-state index contributed by atoms with van der Waals surface area (Å²) in [5.74, 6) is 1.44. The smallest absolute Gasteiger partial charge is 0.216 e. The fraction of sp³-hybridized carbons (Fsp3) is 0.393. The van der Waals surface area contributed by atoms with Crippen LogP contribution >= 0.6 is 12.6 Å². The molecule has 1 fully saturated rings. The van der Waals surface area contributed by atoms with Gasteiger partial charge in [-0.3, -0.25) is 4.79 Å². The second-order valence-electron chi connectivity index (χ2n) is 8.44. The van der Waals surface area contributed by atoms with Crippen LogP contribution in [0.15, 0.2) is 61.2 Å². The van der Waals surface area contributed by atoms with Crippen LogP contribution < -0.4 is 0 Å². The molecule has 1 saturated carbocycles. The lowest BCUT2D eigenvalue weighted by molar-refractivity contribution is 0.109. The van der Waals surface area contributed by atoms with Crippen molar-refractivity contribution in [3.8, 4) is 11.1 Å². The van der Waals surface area contributed by atoms with Gasteiger partial charge in [-0.1, -0.05) is 74.4 Å². The van der Waals surface area contributed by atoms with Crippen molar-refractivity contribution < 1.29 is 4.79 Å². The second-order valence-corrected chi connectivity index (χ2v) is 8.84. The van der Waals surface area contributed by atoms with E-state index in [2.05, 4.69) is 56.5 Å². The summed E-state index contributed by atoms with van der Waals surface area (Å²) in [5.41, 5.74) is 5.39. The van der Waals surface area contributed by atoms with Crippen molar-refractivity contribution in [1.29, 1.82) is 0 Å². The van der Waals surface area contributed by atoms with E-state index in [0.717, 1.165) is 29.9 Å². The van der Waals surface area contributed by atoms with E-state index in [0.29, 0.717) is 11.5 Å². The van der Waals surface area contributed by atoms with E-state index in [1.165, 1.54) is 49.7 Å².